The lowest BCUT2D eigenvalue weighted by molar-refractivity contribution is 0.184. The van der Waals surface area contributed by atoms with Crippen molar-refractivity contribution in [2.75, 3.05) is 31.1 Å². The fourth-order valence-electron chi connectivity index (χ4n) is 3.83. The molecular formula is C24H31N5OS. The van der Waals surface area contributed by atoms with Crippen LogP contribution in [0.4, 0.5) is 5.82 Å². The number of hydrogen-bond donors (Lipinski definition) is 3. The monoisotopic (exact) mass is 437 g/mol. The number of aliphatic hydroxyl groups is 1. The maximum atomic E-state index is 10.7. The van der Waals surface area contributed by atoms with Gasteiger partial charge in [-0.25, -0.2) is 9.98 Å². The SMILES string of the molecule is CCNC(=NCc1ccnc(N2CCCCC2)c1)NCC(O)c1cc2ccccc2s1. The lowest BCUT2D eigenvalue weighted by Crippen LogP contribution is -2.39. The molecule has 3 aromatic rings. The average molecular weight is 438 g/mol. The number of fused-ring (bicyclic) bond motifs is 1. The van der Waals surface area contributed by atoms with Crippen LogP contribution in [-0.2, 0) is 6.54 Å². The molecular weight excluding hydrogens is 406 g/mol. The Morgan fingerprint density at radius 3 is 2.81 bits per heavy atom. The maximum absolute atomic E-state index is 10.7. The lowest BCUT2D eigenvalue weighted by Gasteiger charge is -2.27. The van der Waals surface area contributed by atoms with E-state index in [0.717, 1.165) is 35.9 Å². The fraction of sp³-hybridized carbons (Fsp3) is 0.417. The summed E-state index contributed by atoms with van der Waals surface area (Å²) in [6.45, 7) is 5.95. The first kappa shape index (κ1) is 21.6. The van der Waals surface area contributed by atoms with Crippen LogP contribution in [0, 0.1) is 0 Å². The van der Waals surface area contributed by atoms with Crippen molar-refractivity contribution >= 4 is 33.2 Å². The fourth-order valence-corrected chi connectivity index (χ4v) is 4.88. The van der Waals surface area contributed by atoms with E-state index in [9.17, 15) is 5.11 Å². The van der Waals surface area contributed by atoms with E-state index in [4.69, 9.17) is 4.99 Å². The van der Waals surface area contributed by atoms with Gasteiger partial charge in [0.05, 0.1) is 6.54 Å². The number of guanidine groups is 1. The zero-order chi connectivity index (χ0) is 21.5. The molecule has 1 aromatic carbocycles. The second-order valence-corrected chi connectivity index (χ2v) is 8.96. The molecule has 0 saturated carbocycles. The summed E-state index contributed by atoms with van der Waals surface area (Å²) < 4.78 is 1.19. The van der Waals surface area contributed by atoms with Crippen LogP contribution in [0.1, 0.15) is 42.7 Å². The molecule has 31 heavy (non-hydrogen) atoms. The van der Waals surface area contributed by atoms with Gasteiger partial charge in [-0.3, -0.25) is 0 Å². The molecule has 1 fully saturated rings. The number of hydrogen-bond acceptors (Lipinski definition) is 5. The number of nitrogens with zero attached hydrogens (tertiary/aromatic N) is 3. The zero-order valence-corrected chi connectivity index (χ0v) is 18.9. The van der Waals surface area contributed by atoms with E-state index in [1.54, 1.807) is 11.3 Å². The van der Waals surface area contributed by atoms with Gasteiger partial charge in [0.1, 0.15) is 11.9 Å². The van der Waals surface area contributed by atoms with Crippen LogP contribution in [0.3, 0.4) is 0 Å². The first-order valence-electron chi connectivity index (χ1n) is 11.1. The molecule has 6 nitrogen and oxygen atoms in total. The Labute approximate surface area is 188 Å². The quantitative estimate of drug-likeness (QED) is 0.384. The molecule has 4 rings (SSSR count). The molecule has 3 N–H and O–H groups in total. The van der Waals surface area contributed by atoms with Gasteiger partial charge < -0.3 is 20.6 Å². The third kappa shape index (κ3) is 5.74. The van der Waals surface area contributed by atoms with Crippen molar-refractivity contribution in [3.8, 4) is 0 Å². The molecule has 164 valence electrons. The summed E-state index contributed by atoms with van der Waals surface area (Å²) in [5.41, 5.74) is 1.14. The van der Waals surface area contributed by atoms with Gasteiger partial charge in [-0.1, -0.05) is 18.2 Å². The Morgan fingerprint density at radius 1 is 1.16 bits per heavy atom. The van der Waals surface area contributed by atoms with Gasteiger partial charge in [0.2, 0.25) is 0 Å². The minimum absolute atomic E-state index is 0.411. The van der Waals surface area contributed by atoms with Crippen molar-refractivity contribution in [3.63, 3.8) is 0 Å². The summed E-state index contributed by atoms with van der Waals surface area (Å²) in [4.78, 5) is 12.6. The Kier molecular flexibility index (Phi) is 7.38. The summed E-state index contributed by atoms with van der Waals surface area (Å²) in [6, 6.07) is 14.4. The summed E-state index contributed by atoms with van der Waals surface area (Å²) in [5, 5.41) is 18.4. The largest absolute Gasteiger partial charge is 0.386 e. The highest BCUT2D eigenvalue weighted by atomic mass is 32.1. The minimum atomic E-state index is -0.576. The Hall–Kier alpha value is -2.64. The van der Waals surface area contributed by atoms with E-state index in [0.29, 0.717) is 19.0 Å². The molecule has 1 saturated heterocycles. The Morgan fingerprint density at radius 2 is 2.00 bits per heavy atom. The highest BCUT2D eigenvalue weighted by Crippen LogP contribution is 2.29. The van der Waals surface area contributed by atoms with E-state index in [1.807, 2.05) is 31.3 Å². The van der Waals surface area contributed by atoms with Gasteiger partial charge in [0.25, 0.3) is 0 Å². The van der Waals surface area contributed by atoms with Crippen molar-refractivity contribution in [2.45, 2.75) is 38.8 Å². The number of aliphatic imine (C=N–C) groups is 1. The Balaban J connectivity index is 1.37. The van der Waals surface area contributed by atoms with E-state index in [2.05, 4.69) is 44.8 Å². The predicted molar refractivity (Wildman–Crippen MR) is 130 cm³/mol. The molecule has 1 aliphatic heterocycles. The molecule has 1 unspecified atom stereocenters. The minimum Gasteiger partial charge on any atom is -0.386 e. The molecule has 7 heteroatoms. The van der Waals surface area contributed by atoms with Crippen molar-refractivity contribution < 1.29 is 5.11 Å². The van der Waals surface area contributed by atoms with E-state index in [1.165, 1.54) is 29.3 Å². The van der Waals surface area contributed by atoms with Crippen LogP contribution >= 0.6 is 11.3 Å². The number of benzene rings is 1. The molecule has 3 heterocycles. The topological polar surface area (TPSA) is 72.8 Å². The first-order valence-corrected chi connectivity index (χ1v) is 11.9. The first-order chi connectivity index (χ1) is 15.2. The maximum Gasteiger partial charge on any atom is 0.191 e. The molecule has 2 aromatic heterocycles. The number of thiophene rings is 1. The number of piperidine rings is 1. The van der Waals surface area contributed by atoms with Crippen LogP contribution < -0.4 is 15.5 Å². The van der Waals surface area contributed by atoms with Gasteiger partial charge in [-0.2, -0.15) is 0 Å². The van der Waals surface area contributed by atoms with E-state index >= 15 is 0 Å². The molecule has 1 aliphatic rings. The molecule has 0 aliphatic carbocycles. The number of aromatic nitrogens is 1. The number of rotatable bonds is 7. The predicted octanol–water partition coefficient (Wildman–Crippen LogP) is 4.08. The highest BCUT2D eigenvalue weighted by Gasteiger charge is 2.13. The van der Waals surface area contributed by atoms with Crippen LogP contribution in [0.2, 0.25) is 0 Å². The molecule has 0 amide bonds. The summed E-state index contributed by atoms with van der Waals surface area (Å²) in [6.07, 6.45) is 5.08. The van der Waals surface area contributed by atoms with Crippen molar-refractivity contribution in [3.05, 3.63) is 59.1 Å². The molecule has 0 radical (unpaired) electrons. The zero-order valence-electron chi connectivity index (χ0n) is 18.1. The van der Waals surface area contributed by atoms with E-state index < -0.39 is 6.10 Å². The number of nitrogens with one attached hydrogen (secondary N) is 2. The van der Waals surface area contributed by atoms with Gasteiger partial charge in [0, 0.05) is 42.0 Å². The van der Waals surface area contributed by atoms with Crippen molar-refractivity contribution in [1.82, 2.24) is 15.6 Å². The number of aliphatic hydroxyl groups excluding tert-OH is 1. The van der Waals surface area contributed by atoms with Gasteiger partial charge in [-0.05, 0) is 61.4 Å². The second kappa shape index (κ2) is 10.6. The molecule has 1 atom stereocenters. The normalized spacial score (nSPS) is 15.8. The van der Waals surface area contributed by atoms with Gasteiger partial charge in [-0.15, -0.1) is 11.3 Å². The van der Waals surface area contributed by atoms with Gasteiger partial charge >= 0.3 is 0 Å². The van der Waals surface area contributed by atoms with Crippen LogP contribution in [0.5, 0.6) is 0 Å². The van der Waals surface area contributed by atoms with Gasteiger partial charge in [0.15, 0.2) is 5.96 Å². The van der Waals surface area contributed by atoms with Crippen molar-refractivity contribution in [1.29, 1.82) is 0 Å². The van der Waals surface area contributed by atoms with Crippen molar-refractivity contribution in [2.24, 2.45) is 4.99 Å². The van der Waals surface area contributed by atoms with Crippen LogP contribution in [0.15, 0.2) is 53.7 Å². The average Bonchev–Trinajstić information content (AvgIpc) is 3.26. The number of anilines is 1. The third-order valence-electron chi connectivity index (χ3n) is 5.49. The molecule has 0 spiro atoms. The summed E-state index contributed by atoms with van der Waals surface area (Å²) in [5.74, 6) is 1.75. The summed E-state index contributed by atoms with van der Waals surface area (Å²) >= 11 is 1.63. The van der Waals surface area contributed by atoms with Crippen LogP contribution in [-0.4, -0.2) is 42.2 Å². The summed E-state index contributed by atoms with van der Waals surface area (Å²) in [7, 11) is 0. The second-order valence-electron chi connectivity index (χ2n) is 7.85. The number of pyridine rings is 1. The van der Waals surface area contributed by atoms with Crippen LogP contribution in [0.25, 0.3) is 10.1 Å². The lowest BCUT2D eigenvalue weighted by atomic mass is 10.1. The standard InChI is InChI=1S/C24H31N5OS/c1-2-25-24(28-17-20(30)22-15-19-8-4-5-9-21(19)31-22)27-16-18-10-11-26-23(14-18)29-12-6-3-7-13-29/h4-5,8-11,14-15,20,30H,2-3,6-7,12-13,16-17H2,1H3,(H2,25,27,28). The van der Waals surface area contributed by atoms with E-state index in [-0.39, 0.29) is 0 Å². The Bertz CT molecular complexity index is 979. The molecule has 0 bridgehead atoms. The smallest absolute Gasteiger partial charge is 0.191 e. The third-order valence-corrected chi connectivity index (χ3v) is 6.71. The highest BCUT2D eigenvalue weighted by molar-refractivity contribution is 7.19.